The van der Waals surface area contributed by atoms with Gasteiger partial charge in [-0.15, -0.1) is 10.2 Å². The molecule has 1 unspecified atom stereocenters. The monoisotopic (exact) mass is 465 g/mol. The Hall–Kier alpha value is -3.59. The first-order chi connectivity index (χ1) is 16.0. The standard InChI is InChI=1S/C24H20FN3O4S/c1-14-11-18(15(2)28(14)17-9-7-16(25)8-10-17)19(29)13-33-24-27-26-23(32-24)22-12-30-20-5-3-4-6-21(20)31-22/h3-11,22H,12-13H2,1-2H3. The fourth-order valence-electron chi connectivity index (χ4n) is 3.79. The lowest BCUT2D eigenvalue weighted by Crippen LogP contribution is -2.21. The maximum Gasteiger partial charge on any atom is 0.277 e. The molecular formula is C24H20FN3O4S. The Labute approximate surface area is 193 Å². The third kappa shape index (κ3) is 4.23. The Morgan fingerprint density at radius 2 is 1.88 bits per heavy atom. The maximum atomic E-state index is 13.3. The van der Waals surface area contributed by atoms with E-state index in [1.54, 1.807) is 12.1 Å². The van der Waals surface area contributed by atoms with Crippen LogP contribution in [0.5, 0.6) is 11.5 Å². The molecule has 9 heteroatoms. The molecule has 0 bridgehead atoms. The van der Waals surface area contributed by atoms with Crippen LogP contribution in [0.2, 0.25) is 0 Å². The Balaban J connectivity index is 1.26. The van der Waals surface area contributed by atoms with Crippen molar-refractivity contribution in [1.29, 1.82) is 0 Å². The van der Waals surface area contributed by atoms with Gasteiger partial charge in [-0.25, -0.2) is 4.39 Å². The number of nitrogens with zero attached hydrogens (tertiary/aromatic N) is 3. The lowest BCUT2D eigenvalue weighted by Gasteiger charge is -2.23. The zero-order chi connectivity index (χ0) is 22.9. The number of aromatic nitrogens is 3. The molecule has 2 aromatic heterocycles. The van der Waals surface area contributed by atoms with Crippen LogP contribution in [0, 0.1) is 19.7 Å². The van der Waals surface area contributed by atoms with E-state index in [0.29, 0.717) is 23.0 Å². The molecule has 0 radical (unpaired) electrons. The average Bonchev–Trinajstić information content (AvgIpc) is 3.42. The molecule has 1 aliphatic rings. The first-order valence-corrected chi connectivity index (χ1v) is 11.3. The van der Waals surface area contributed by atoms with Crippen LogP contribution in [0.25, 0.3) is 5.69 Å². The number of fused-ring (bicyclic) bond motifs is 1. The number of aryl methyl sites for hydroxylation is 1. The van der Waals surface area contributed by atoms with Crippen molar-refractivity contribution in [3.05, 3.63) is 83.3 Å². The van der Waals surface area contributed by atoms with Crippen molar-refractivity contribution in [2.45, 2.75) is 25.2 Å². The summed E-state index contributed by atoms with van der Waals surface area (Å²) in [4.78, 5) is 12.9. The number of thioether (sulfide) groups is 1. The van der Waals surface area contributed by atoms with Crippen LogP contribution >= 0.6 is 11.8 Å². The second kappa shape index (κ2) is 8.74. The molecular weight excluding hydrogens is 445 g/mol. The summed E-state index contributed by atoms with van der Waals surface area (Å²) in [5, 5.41) is 8.37. The van der Waals surface area contributed by atoms with Gasteiger partial charge in [0.15, 0.2) is 17.3 Å². The fourth-order valence-corrected chi connectivity index (χ4v) is 4.44. The summed E-state index contributed by atoms with van der Waals surface area (Å²) in [7, 11) is 0. The van der Waals surface area contributed by atoms with Crippen molar-refractivity contribution in [2.75, 3.05) is 12.4 Å². The Morgan fingerprint density at radius 1 is 1.12 bits per heavy atom. The number of rotatable bonds is 6. The van der Waals surface area contributed by atoms with Crippen molar-refractivity contribution < 1.29 is 23.1 Å². The lowest BCUT2D eigenvalue weighted by atomic mass is 10.2. The third-order valence-electron chi connectivity index (χ3n) is 5.35. The number of hydrogen-bond donors (Lipinski definition) is 0. The highest BCUT2D eigenvalue weighted by molar-refractivity contribution is 7.99. The summed E-state index contributed by atoms with van der Waals surface area (Å²) in [6.07, 6.45) is -0.507. The molecule has 4 aromatic rings. The van der Waals surface area contributed by atoms with Crippen LogP contribution in [-0.4, -0.2) is 32.9 Å². The third-order valence-corrected chi connectivity index (χ3v) is 6.17. The first-order valence-electron chi connectivity index (χ1n) is 10.3. The number of para-hydroxylation sites is 2. The van der Waals surface area contributed by atoms with Crippen molar-refractivity contribution in [2.24, 2.45) is 0 Å². The van der Waals surface area contributed by atoms with E-state index < -0.39 is 6.10 Å². The van der Waals surface area contributed by atoms with E-state index in [-0.39, 0.29) is 29.2 Å². The topological polar surface area (TPSA) is 79.4 Å². The van der Waals surface area contributed by atoms with Crippen LogP contribution < -0.4 is 9.47 Å². The number of halogens is 1. The average molecular weight is 466 g/mol. The number of hydrogen-bond acceptors (Lipinski definition) is 7. The Morgan fingerprint density at radius 3 is 2.67 bits per heavy atom. The Bertz CT molecular complexity index is 1320. The van der Waals surface area contributed by atoms with E-state index in [0.717, 1.165) is 17.1 Å². The molecule has 0 saturated carbocycles. The van der Waals surface area contributed by atoms with Gasteiger partial charge in [-0.2, -0.15) is 0 Å². The van der Waals surface area contributed by atoms with E-state index in [9.17, 15) is 9.18 Å². The van der Waals surface area contributed by atoms with E-state index in [1.165, 1.54) is 23.9 Å². The summed E-state index contributed by atoms with van der Waals surface area (Å²) in [6, 6.07) is 15.4. The highest BCUT2D eigenvalue weighted by Crippen LogP contribution is 2.36. The molecule has 2 aromatic carbocycles. The molecule has 0 N–H and O–H groups in total. The maximum absolute atomic E-state index is 13.3. The second-order valence-corrected chi connectivity index (χ2v) is 8.51. The SMILES string of the molecule is Cc1cc(C(=O)CSc2nnc(C3COc4ccccc4O3)o2)c(C)n1-c1ccc(F)cc1. The van der Waals surface area contributed by atoms with E-state index >= 15 is 0 Å². The zero-order valence-corrected chi connectivity index (χ0v) is 18.8. The highest BCUT2D eigenvalue weighted by Gasteiger charge is 2.27. The van der Waals surface area contributed by atoms with Gasteiger partial charge in [-0.1, -0.05) is 23.9 Å². The van der Waals surface area contributed by atoms with Crippen molar-refractivity contribution in [1.82, 2.24) is 14.8 Å². The van der Waals surface area contributed by atoms with Crippen LogP contribution in [-0.2, 0) is 0 Å². The molecule has 0 saturated heterocycles. The molecule has 0 amide bonds. The number of benzene rings is 2. The van der Waals surface area contributed by atoms with Crippen molar-refractivity contribution in [3.8, 4) is 17.2 Å². The number of Topliss-reactive ketones (excluding diaryl/α,β-unsaturated/α-hetero) is 1. The molecule has 1 atom stereocenters. The number of ether oxygens (including phenoxy) is 2. The van der Waals surface area contributed by atoms with E-state index in [1.807, 2.05) is 48.7 Å². The molecule has 0 spiro atoms. The Kier molecular flexibility index (Phi) is 5.63. The summed E-state index contributed by atoms with van der Waals surface area (Å²) >= 11 is 1.17. The van der Waals surface area contributed by atoms with Crippen LogP contribution in [0.1, 0.15) is 33.7 Å². The molecule has 33 heavy (non-hydrogen) atoms. The number of carbonyl (C=O) groups excluding carboxylic acids is 1. The summed E-state index contributed by atoms with van der Waals surface area (Å²) in [6.45, 7) is 4.05. The molecule has 5 rings (SSSR count). The van der Waals surface area contributed by atoms with Gasteiger partial charge < -0.3 is 18.5 Å². The van der Waals surface area contributed by atoms with Gasteiger partial charge in [0.25, 0.3) is 11.1 Å². The minimum atomic E-state index is -0.507. The predicted molar refractivity (Wildman–Crippen MR) is 120 cm³/mol. The second-order valence-electron chi connectivity index (χ2n) is 7.58. The fraction of sp³-hybridized carbons (Fsp3) is 0.208. The van der Waals surface area contributed by atoms with Crippen molar-refractivity contribution >= 4 is 17.5 Å². The van der Waals surface area contributed by atoms with E-state index in [2.05, 4.69) is 10.2 Å². The van der Waals surface area contributed by atoms with Gasteiger partial charge >= 0.3 is 0 Å². The predicted octanol–water partition coefficient (Wildman–Crippen LogP) is 5.10. The molecule has 3 heterocycles. The van der Waals surface area contributed by atoms with Gasteiger partial charge in [-0.05, 0) is 56.3 Å². The quantitative estimate of drug-likeness (QED) is 0.289. The lowest BCUT2D eigenvalue weighted by molar-refractivity contribution is 0.0686. The van der Waals surface area contributed by atoms with E-state index in [4.69, 9.17) is 13.9 Å². The van der Waals surface area contributed by atoms with Crippen LogP contribution in [0.3, 0.4) is 0 Å². The minimum Gasteiger partial charge on any atom is -0.485 e. The van der Waals surface area contributed by atoms with Gasteiger partial charge in [0, 0.05) is 22.6 Å². The van der Waals surface area contributed by atoms with Gasteiger partial charge in [0.2, 0.25) is 6.10 Å². The first kappa shape index (κ1) is 21.3. The summed E-state index contributed by atoms with van der Waals surface area (Å²) in [5.41, 5.74) is 3.09. The van der Waals surface area contributed by atoms with Gasteiger partial charge in [0.1, 0.15) is 12.4 Å². The zero-order valence-electron chi connectivity index (χ0n) is 17.9. The molecule has 7 nitrogen and oxygen atoms in total. The van der Waals surface area contributed by atoms with Gasteiger partial charge in [-0.3, -0.25) is 4.79 Å². The number of carbonyl (C=O) groups is 1. The van der Waals surface area contributed by atoms with Crippen molar-refractivity contribution in [3.63, 3.8) is 0 Å². The highest BCUT2D eigenvalue weighted by atomic mass is 32.2. The molecule has 1 aliphatic heterocycles. The summed E-state index contributed by atoms with van der Waals surface area (Å²) in [5.74, 6) is 1.36. The molecule has 0 fully saturated rings. The minimum absolute atomic E-state index is 0.0626. The number of ketones is 1. The summed E-state index contributed by atoms with van der Waals surface area (Å²) < 4.78 is 32.5. The van der Waals surface area contributed by atoms with Crippen LogP contribution in [0.4, 0.5) is 4.39 Å². The molecule has 168 valence electrons. The smallest absolute Gasteiger partial charge is 0.277 e. The largest absolute Gasteiger partial charge is 0.485 e. The normalized spacial score (nSPS) is 14.9. The van der Waals surface area contributed by atoms with Crippen LogP contribution in [0.15, 0.2) is 64.2 Å². The molecule has 0 aliphatic carbocycles. The van der Waals surface area contributed by atoms with Gasteiger partial charge in [0.05, 0.1) is 5.75 Å².